The SMILES string of the molecule is OCC1(C2(O)COC2)CC1. The van der Waals surface area contributed by atoms with Gasteiger partial charge >= 0.3 is 0 Å². The Bertz CT molecular complexity index is 144. The van der Waals surface area contributed by atoms with E-state index in [0.717, 1.165) is 12.8 Å². The molecule has 0 radical (unpaired) electrons. The zero-order valence-electron chi connectivity index (χ0n) is 5.84. The molecule has 2 N–H and O–H groups in total. The molecule has 1 saturated carbocycles. The van der Waals surface area contributed by atoms with Gasteiger partial charge in [0.05, 0.1) is 19.8 Å². The van der Waals surface area contributed by atoms with Gasteiger partial charge < -0.3 is 14.9 Å². The van der Waals surface area contributed by atoms with Crippen molar-refractivity contribution in [3.63, 3.8) is 0 Å². The van der Waals surface area contributed by atoms with Gasteiger partial charge in [-0.05, 0) is 12.8 Å². The van der Waals surface area contributed by atoms with Crippen LogP contribution in [0.1, 0.15) is 12.8 Å². The molecule has 58 valence electrons. The van der Waals surface area contributed by atoms with Gasteiger partial charge in [0.15, 0.2) is 0 Å². The molecule has 0 bridgehead atoms. The van der Waals surface area contributed by atoms with Crippen molar-refractivity contribution in [1.29, 1.82) is 0 Å². The van der Waals surface area contributed by atoms with Gasteiger partial charge in [0.1, 0.15) is 5.60 Å². The minimum absolute atomic E-state index is 0.104. The van der Waals surface area contributed by atoms with Crippen molar-refractivity contribution < 1.29 is 14.9 Å². The molecule has 1 saturated heterocycles. The zero-order valence-corrected chi connectivity index (χ0v) is 5.84. The quantitative estimate of drug-likeness (QED) is 0.550. The zero-order chi connectivity index (χ0) is 7.24. The largest absolute Gasteiger partial charge is 0.396 e. The van der Waals surface area contributed by atoms with Crippen molar-refractivity contribution in [2.75, 3.05) is 19.8 Å². The van der Waals surface area contributed by atoms with Crippen LogP contribution in [0.25, 0.3) is 0 Å². The fourth-order valence-electron chi connectivity index (χ4n) is 1.52. The van der Waals surface area contributed by atoms with Gasteiger partial charge in [-0.3, -0.25) is 0 Å². The normalized spacial score (nSPS) is 33.0. The van der Waals surface area contributed by atoms with Gasteiger partial charge in [-0.2, -0.15) is 0 Å². The molecule has 0 spiro atoms. The molecule has 3 nitrogen and oxygen atoms in total. The predicted octanol–water partition coefficient (Wildman–Crippen LogP) is -0.480. The van der Waals surface area contributed by atoms with E-state index in [-0.39, 0.29) is 12.0 Å². The molecule has 2 fully saturated rings. The van der Waals surface area contributed by atoms with E-state index in [1.54, 1.807) is 0 Å². The average molecular weight is 144 g/mol. The van der Waals surface area contributed by atoms with Crippen molar-refractivity contribution in [3.8, 4) is 0 Å². The van der Waals surface area contributed by atoms with Crippen LogP contribution in [-0.4, -0.2) is 35.6 Å². The second-order valence-electron chi connectivity index (χ2n) is 3.46. The molecule has 1 aliphatic heterocycles. The van der Waals surface area contributed by atoms with Crippen LogP contribution >= 0.6 is 0 Å². The van der Waals surface area contributed by atoms with Crippen LogP contribution in [0.3, 0.4) is 0 Å². The summed E-state index contributed by atoms with van der Waals surface area (Å²) in [6.45, 7) is 0.925. The van der Waals surface area contributed by atoms with Crippen molar-refractivity contribution >= 4 is 0 Å². The first-order valence-electron chi connectivity index (χ1n) is 3.63. The molecule has 0 aromatic rings. The molecular weight excluding hydrogens is 132 g/mol. The molecule has 10 heavy (non-hydrogen) atoms. The Balaban J connectivity index is 2.09. The summed E-state index contributed by atoms with van der Waals surface area (Å²) >= 11 is 0. The van der Waals surface area contributed by atoms with Crippen molar-refractivity contribution in [1.82, 2.24) is 0 Å². The van der Waals surface area contributed by atoms with E-state index in [4.69, 9.17) is 9.84 Å². The Labute approximate surface area is 59.6 Å². The van der Waals surface area contributed by atoms with Crippen LogP contribution in [-0.2, 0) is 4.74 Å². The van der Waals surface area contributed by atoms with Crippen molar-refractivity contribution in [2.24, 2.45) is 5.41 Å². The minimum Gasteiger partial charge on any atom is -0.396 e. The molecule has 1 heterocycles. The average Bonchev–Trinajstić information content (AvgIpc) is 2.63. The molecule has 0 atom stereocenters. The highest BCUT2D eigenvalue weighted by Gasteiger charge is 2.61. The monoisotopic (exact) mass is 144 g/mol. The maximum absolute atomic E-state index is 9.72. The molecule has 2 aliphatic rings. The number of hydrogen-bond acceptors (Lipinski definition) is 3. The van der Waals surface area contributed by atoms with Crippen molar-refractivity contribution in [2.45, 2.75) is 18.4 Å². The number of hydrogen-bond donors (Lipinski definition) is 2. The summed E-state index contributed by atoms with van der Waals surface area (Å²) in [5, 5.41) is 18.7. The van der Waals surface area contributed by atoms with Gasteiger partial charge in [-0.15, -0.1) is 0 Å². The molecular formula is C7H12O3. The Kier molecular flexibility index (Phi) is 1.14. The lowest BCUT2D eigenvalue weighted by Gasteiger charge is -2.42. The number of rotatable bonds is 2. The van der Waals surface area contributed by atoms with Crippen LogP contribution in [0.15, 0.2) is 0 Å². The van der Waals surface area contributed by atoms with E-state index in [9.17, 15) is 5.11 Å². The standard InChI is InChI=1S/C7H12O3/c8-3-6(1-2-6)7(9)4-10-5-7/h8-9H,1-5H2. The highest BCUT2D eigenvalue weighted by Crippen LogP contribution is 2.56. The summed E-state index contributed by atoms with van der Waals surface area (Å²) in [4.78, 5) is 0. The number of aliphatic hydroxyl groups is 2. The Morgan fingerprint density at radius 3 is 2.00 bits per heavy atom. The highest BCUT2D eigenvalue weighted by atomic mass is 16.5. The van der Waals surface area contributed by atoms with Gasteiger partial charge in [0.25, 0.3) is 0 Å². The Morgan fingerprint density at radius 1 is 1.30 bits per heavy atom. The van der Waals surface area contributed by atoms with E-state index in [1.807, 2.05) is 0 Å². The molecule has 0 aromatic carbocycles. The molecule has 3 heteroatoms. The maximum atomic E-state index is 9.72. The predicted molar refractivity (Wildman–Crippen MR) is 34.5 cm³/mol. The Hall–Kier alpha value is -0.120. The number of ether oxygens (including phenoxy) is 1. The summed E-state index contributed by atoms with van der Waals surface area (Å²) < 4.78 is 4.90. The van der Waals surface area contributed by atoms with Crippen LogP contribution in [0.5, 0.6) is 0 Å². The van der Waals surface area contributed by atoms with Gasteiger partial charge in [-0.1, -0.05) is 0 Å². The summed E-state index contributed by atoms with van der Waals surface area (Å²) in [7, 11) is 0. The molecule has 0 unspecified atom stereocenters. The van der Waals surface area contributed by atoms with E-state index in [1.165, 1.54) is 0 Å². The third-order valence-corrected chi connectivity index (χ3v) is 2.83. The van der Waals surface area contributed by atoms with Gasteiger partial charge in [0.2, 0.25) is 0 Å². The second kappa shape index (κ2) is 1.72. The molecule has 0 aromatic heterocycles. The first-order valence-corrected chi connectivity index (χ1v) is 3.63. The smallest absolute Gasteiger partial charge is 0.119 e. The van der Waals surface area contributed by atoms with E-state index < -0.39 is 5.60 Å². The fraction of sp³-hybridized carbons (Fsp3) is 1.00. The molecule has 2 rings (SSSR count). The maximum Gasteiger partial charge on any atom is 0.119 e. The highest BCUT2D eigenvalue weighted by molar-refractivity contribution is 5.11. The van der Waals surface area contributed by atoms with Crippen LogP contribution < -0.4 is 0 Å². The Morgan fingerprint density at radius 2 is 1.90 bits per heavy atom. The van der Waals surface area contributed by atoms with Crippen LogP contribution in [0.4, 0.5) is 0 Å². The molecule has 0 amide bonds. The first-order chi connectivity index (χ1) is 4.72. The summed E-state index contributed by atoms with van der Waals surface area (Å²) in [5.74, 6) is 0. The van der Waals surface area contributed by atoms with E-state index >= 15 is 0 Å². The first kappa shape index (κ1) is 6.58. The van der Waals surface area contributed by atoms with Crippen LogP contribution in [0.2, 0.25) is 0 Å². The van der Waals surface area contributed by atoms with E-state index in [0.29, 0.717) is 13.2 Å². The van der Waals surface area contributed by atoms with Crippen molar-refractivity contribution in [3.05, 3.63) is 0 Å². The second-order valence-corrected chi connectivity index (χ2v) is 3.46. The fourth-order valence-corrected chi connectivity index (χ4v) is 1.52. The lowest BCUT2D eigenvalue weighted by molar-refractivity contribution is -0.222. The van der Waals surface area contributed by atoms with Gasteiger partial charge in [0, 0.05) is 5.41 Å². The lowest BCUT2D eigenvalue weighted by Crippen LogP contribution is -2.57. The summed E-state index contributed by atoms with van der Waals surface area (Å²) in [6.07, 6.45) is 1.90. The summed E-state index contributed by atoms with van der Waals surface area (Å²) in [5.41, 5.74) is -0.882. The topological polar surface area (TPSA) is 49.7 Å². The third kappa shape index (κ3) is 0.603. The number of aliphatic hydroxyl groups excluding tert-OH is 1. The minimum atomic E-state index is -0.693. The van der Waals surface area contributed by atoms with Crippen LogP contribution in [0, 0.1) is 5.41 Å². The van der Waals surface area contributed by atoms with E-state index in [2.05, 4.69) is 0 Å². The van der Waals surface area contributed by atoms with Gasteiger partial charge in [-0.25, -0.2) is 0 Å². The summed E-state index contributed by atoms with van der Waals surface area (Å²) in [6, 6.07) is 0. The molecule has 1 aliphatic carbocycles. The lowest BCUT2D eigenvalue weighted by atomic mass is 9.83. The third-order valence-electron chi connectivity index (χ3n) is 2.83.